The Hall–Kier alpha value is -2.77. The number of nitrogens with one attached hydrogen (secondary N) is 2. The molecule has 0 aliphatic carbocycles. The van der Waals surface area contributed by atoms with Crippen molar-refractivity contribution in [2.75, 3.05) is 91.5 Å². The SMILES string of the molecule is CSC1CC(=O)N(CCC(=O)NCCCCC(CCN2C(=O)CC(SC)C2=O)C(=O)NCCOCCOCCOCCOCCC(N)=O)C1=O. The van der Waals surface area contributed by atoms with E-state index in [0.717, 1.165) is 4.90 Å². The molecule has 0 spiro atoms. The second-order valence-corrected chi connectivity index (χ2v) is 13.7. The predicted octanol–water partition coefficient (Wildman–Crippen LogP) is -0.292. The summed E-state index contributed by atoms with van der Waals surface area (Å²) in [5, 5.41) is 4.91. The van der Waals surface area contributed by atoms with E-state index in [2.05, 4.69) is 10.6 Å². The van der Waals surface area contributed by atoms with Gasteiger partial charge in [-0.3, -0.25) is 43.4 Å². The number of carbonyl (C=O) groups excluding carboxylic acids is 7. The van der Waals surface area contributed by atoms with Gasteiger partial charge in [0.2, 0.25) is 41.4 Å². The van der Waals surface area contributed by atoms with E-state index in [1.165, 1.54) is 28.4 Å². The van der Waals surface area contributed by atoms with Gasteiger partial charge in [0.15, 0.2) is 0 Å². The average Bonchev–Trinajstić information content (AvgIpc) is 3.53. The van der Waals surface area contributed by atoms with E-state index in [0.29, 0.717) is 71.9 Å². The molecule has 0 aromatic carbocycles. The lowest BCUT2D eigenvalue weighted by molar-refractivity contribution is -0.140. The number of nitrogens with two attached hydrogens (primary N) is 1. The molecular formula is C32H53N5O11S2. The Balaban J connectivity index is 1.65. The first-order valence-corrected chi connectivity index (χ1v) is 19.5. The highest BCUT2D eigenvalue weighted by Gasteiger charge is 2.39. The predicted molar refractivity (Wildman–Crippen MR) is 187 cm³/mol. The molecule has 0 radical (unpaired) electrons. The Morgan fingerprint density at radius 2 is 1.22 bits per heavy atom. The van der Waals surface area contributed by atoms with Gasteiger partial charge in [0.1, 0.15) is 0 Å². The van der Waals surface area contributed by atoms with Crippen molar-refractivity contribution in [1.29, 1.82) is 0 Å². The van der Waals surface area contributed by atoms with Crippen molar-refractivity contribution >= 4 is 64.9 Å². The van der Waals surface area contributed by atoms with Gasteiger partial charge in [0.05, 0.1) is 63.4 Å². The van der Waals surface area contributed by atoms with Crippen LogP contribution in [0.25, 0.3) is 0 Å². The van der Waals surface area contributed by atoms with E-state index >= 15 is 0 Å². The maximum absolute atomic E-state index is 13.1. The minimum absolute atomic E-state index is 0.0266. The number of hydrogen-bond acceptors (Lipinski definition) is 13. The summed E-state index contributed by atoms with van der Waals surface area (Å²) in [5.74, 6) is -2.29. The van der Waals surface area contributed by atoms with Crippen LogP contribution in [0.5, 0.6) is 0 Å². The maximum Gasteiger partial charge on any atom is 0.242 e. The van der Waals surface area contributed by atoms with E-state index in [9.17, 15) is 33.6 Å². The van der Waals surface area contributed by atoms with E-state index < -0.39 is 11.8 Å². The van der Waals surface area contributed by atoms with Gasteiger partial charge in [-0.2, -0.15) is 23.5 Å². The largest absolute Gasteiger partial charge is 0.379 e. The van der Waals surface area contributed by atoms with Crippen LogP contribution in [0.15, 0.2) is 0 Å². The molecule has 284 valence electrons. The highest BCUT2D eigenvalue weighted by Crippen LogP contribution is 2.25. The zero-order chi connectivity index (χ0) is 36.7. The quantitative estimate of drug-likeness (QED) is 0.0664. The van der Waals surface area contributed by atoms with Crippen LogP contribution >= 0.6 is 23.5 Å². The lowest BCUT2D eigenvalue weighted by atomic mass is 9.97. The number of amides is 7. The first-order valence-electron chi connectivity index (χ1n) is 17.0. The fourth-order valence-electron chi connectivity index (χ4n) is 5.21. The normalized spacial score (nSPS) is 18.3. The van der Waals surface area contributed by atoms with Crippen molar-refractivity contribution in [2.45, 2.75) is 61.9 Å². The Bertz CT molecular complexity index is 1130. The van der Waals surface area contributed by atoms with E-state index in [-0.39, 0.29) is 104 Å². The number of likely N-dealkylation sites (tertiary alicyclic amines) is 2. The lowest BCUT2D eigenvalue weighted by Gasteiger charge is -2.21. The summed E-state index contributed by atoms with van der Waals surface area (Å²) in [7, 11) is 0. The van der Waals surface area contributed by atoms with Gasteiger partial charge in [0, 0.05) is 57.8 Å². The molecule has 0 aromatic heterocycles. The number of nitrogens with zero attached hydrogens (tertiary/aromatic N) is 2. The first-order chi connectivity index (χ1) is 24.1. The zero-order valence-corrected chi connectivity index (χ0v) is 30.8. The van der Waals surface area contributed by atoms with E-state index in [1.807, 2.05) is 0 Å². The van der Waals surface area contributed by atoms with Crippen LogP contribution < -0.4 is 16.4 Å². The first kappa shape index (κ1) is 43.4. The third-order valence-electron chi connectivity index (χ3n) is 8.06. The van der Waals surface area contributed by atoms with Gasteiger partial charge < -0.3 is 35.3 Å². The molecule has 2 fully saturated rings. The summed E-state index contributed by atoms with van der Waals surface area (Å²) in [6.07, 6.45) is 6.13. The van der Waals surface area contributed by atoms with E-state index in [4.69, 9.17) is 24.7 Å². The molecule has 2 rings (SSSR count). The fourth-order valence-corrected chi connectivity index (χ4v) is 6.48. The molecule has 3 atom stereocenters. The minimum atomic E-state index is -0.451. The zero-order valence-electron chi connectivity index (χ0n) is 29.2. The molecular weight excluding hydrogens is 695 g/mol. The summed E-state index contributed by atoms with van der Waals surface area (Å²) >= 11 is 2.67. The Morgan fingerprint density at radius 1 is 0.700 bits per heavy atom. The van der Waals surface area contributed by atoms with Gasteiger partial charge in [-0.25, -0.2) is 0 Å². The van der Waals surface area contributed by atoms with Gasteiger partial charge >= 0.3 is 0 Å². The monoisotopic (exact) mass is 747 g/mol. The summed E-state index contributed by atoms with van der Waals surface area (Å²) in [5.41, 5.74) is 5.03. The van der Waals surface area contributed by atoms with Crippen LogP contribution in [0.1, 0.15) is 51.4 Å². The standard InChI is InChI=1S/C32H53N5O11S2/c1-49-24-21-28(40)36(31(24)43)11-6-23(5-3-4-9-34-27(39)7-12-37-29(41)22-25(50-2)32(37)44)30(42)35-10-14-46-16-18-48-20-19-47-17-15-45-13-8-26(33)38/h23-25H,3-22H2,1-2H3,(H2,33,38)(H,34,39)(H,35,42). The number of primary amides is 1. The Kier molecular flexibility index (Phi) is 21.9. The molecule has 3 unspecified atom stereocenters. The second-order valence-electron chi connectivity index (χ2n) is 11.7. The molecule has 4 N–H and O–H groups in total. The molecule has 7 amide bonds. The molecule has 50 heavy (non-hydrogen) atoms. The number of thioether (sulfide) groups is 2. The third-order valence-corrected chi connectivity index (χ3v) is 9.94. The maximum atomic E-state index is 13.1. The molecule has 0 saturated carbocycles. The molecule has 2 aliphatic heterocycles. The smallest absolute Gasteiger partial charge is 0.242 e. The van der Waals surface area contributed by atoms with E-state index in [1.54, 1.807) is 12.5 Å². The van der Waals surface area contributed by atoms with Gasteiger partial charge in [-0.15, -0.1) is 0 Å². The molecule has 2 saturated heterocycles. The number of rotatable bonds is 29. The van der Waals surface area contributed by atoms with Crippen molar-refractivity contribution < 1.29 is 52.5 Å². The second kappa shape index (κ2) is 25.2. The van der Waals surface area contributed by atoms with Crippen LogP contribution in [0, 0.1) is 5.92 Å². The number of carbonyl (C=O) groups is 7. The highest BCUT2D eigenvalue weighted by molar-refractivity contribution is 8.00. The van der Waals surface area contributed by atoms with Gasteiger partial charge in [-0.05, 0) is 31.8 Å². The number of imide groups is 2. The molecule has 16 nitrogen and oxygen atoms in total. The molecule has 0 aromatic rings. The molecule has 2 heterocycles. The third kappa shape index (κ3) is 16.5. The van der Waals surface area contributed by atoms with Crippen molar-refractivity contribution in [3.8, 4) is 0 Å². The van der Waals surface area contributed by atoms with Crippen LogP contribution in [-0.2, 0) is 52.5 Å². The summed E-state index contributed by atoms with van der Waals surface area (Å²) < 4.78 is 21.6. The highest BCUT2D eigenvalue weighted by atomic mass is 32.2. The number of ether oxygens (including phenoxy) is 4. The van der Waals surface area contributed by atoms with Crippen molar-refractivity contribution in [1.82, 2.24) is 20.4 Å². The average molecular weight is 748 g/mol. The van der Waals surface area contributed by atoms with Crippen molar-refractivity contribution in [3.63, 3.8) is 0 Å². The van der Waals surface area contributed by atoms with Crippen LogP contribution in [0.4, 0.5) is 0 Å². The summed E-state index contributed by atoms with van der Waals surface area (Å²) in [4.78, 5) is 87.7. The van der Waals surface area contributed by atoms with Crippen LogP contribution in [-0.4, -0.2) is 153 Å². The summed E-state index contributed by atoms with van der Waals surface area (Å²) in [6.45, 7) is 3.61. The minimum Gasteiger partial charge on any atom is -0.379 e. The Labute approximate surface area is 302 Å². The number of unbranched alkanes of at least 4 members (excludes halogenated alkanes) is 1. The van der Waals surface area contributed by atoms with Gasteiger partial charge in [0.25, 0.3) is 0 Å². The number of hydrogen-bond donors (Lipinski definition) is 3. The molecule has 0 bridgehead atoms. The molecule has 18 heteroatoms. The van der Waals surface area contributed by atoms with Gasteiger partial charge in [-0.1, -0.05) is 6.42 Å². The van der Waals surface area contributed by atoms with Crippen LogP contribution in [0.2, 0.25) is 0 Å². The lowest BCUT2D eigenvalue weighted by Crippen LogP contribution is -2.38. The molecule has 2 aliphatic rings. The van der Waals surface area contributed by atoms with Crippen molar-refractivity contribution in [2.24, 2.45) is 11.7 Å². The Morgan fingerprint density at radius 3 is 1.74 bits per heavy atom. The summed E-state index contributed by atoms with van der Waals surface area (Å²) in [6, 6.07) is 0. The van der Waals surface area contributed by atoms with Crippen molar-refractivity contribution in [3.05, 3.63) is 0 Å². The van der Waals surface area contributed by atoms with Crippen LogP contribution in [0.3, 0.4) is 0 Å². The fraction of sp³-hybridized carbons (Fsp3) is 0.781. The topological polar surface area (TPSA) is 213 Å².